The monoisotopic (exact) mass is 235 g/mol. The van der Waals surface area contributed by atoms with Crippen LogP contribution in [-0.2, 0) is 15.9 Å². The number of amides is 1. The first-order chi connectivity index (χ1) is 8.24. The Kier molecular flexibility index (Phi) is 3.64. The molecule has 2 rings (SSSR count). The van der Waals surface area contributed by atoms with Crippen molar-refractivity contribution in [1.29, 1.82) is 0 Å². The molecule has 1 aliphatic heterocycles. The average molecular weight is 235 g/mol. The highest BCUT2D eigenvalue weighted by Gasteiger charge is 2.32. The van der Waals surface area contributed by atoms with Crippen LogP contribution in [0, 0.1) is 0 Å². The summed E-state index contributed by atoms with van der Waals surface area (Å²) in [4.78, 5) is 13.3. The molecular weight excluding hydrogens is 218 g/mol. The molecule has 0 bridgehead atoms. The van der Waals surface area contributed by atoms with E-state index in [9.17, 15) is 4.79 Å². The predicted molar refractivity (Wildman–Crippen MR) is 65.3 cm³/mol. The van der Waals surface area contributed by atoms with E-state index >= 15 is 0 Å². The average Bonchev–Trinajstić information content (AvgIpc) is 2.71. The van der Waals surface area contributed by atoms with Crippen molar-refractivity contribution in [3.05, 3.63) is 29.8 Å². The first kappa shape index (κ1) is 11.9. The van der Waals surface area contributed by atoms with Crippen molar-refractivity contribution in [1.82, 2.24) is 0 Å². The molecule has 0 aromatic heterocycles. The third-order valence-electron chi connectivity index (χ3n) is 2.88. The van der Waals surface area contributed by atoms with Crippen molar-refractivity contribution in [2.75, 3.05) is 25.2 Å². The summed E-state index contributed by atoms with van der Waals surface area (Å²) in [7, 11) is 1.60. The largest absolute Gasteiger partial charge is 0.441 e. The number of methoxy groups -OCH3 is 1. The highest BCUT2D eigenvalue weighted by Crippen LogP contribution is 2.22. The van der Waals surface area contributed by atoms with Crippen molar-refractivity contribution in [3.8, 4) is 0 Å². The quantitative estimate of drug-likeness (QED) is 0.803. The maximum absolute atomic E-state index is 11.7. The van der Waals surface area contributed by atoms with Gasteiger partial charge in [0.2, 0.25) is 0 Å². The molecule has 4 nitrogen and oxygen atoms in total. The first-order valence-electron chi connectivity index (χ1n) is 5.80. The van der Waals surface area contributed by atoms with Gasteiger partial charge in [0.05, 0.1) is 13.2 Å². The van der Waals surface area contributed by atoms with E-state index in [-0.39, 0.29) is 12.2 Å². The second-order valence-corrected chi connectivity index (χ2v) is 4.09. The lowest BCUT2D eigenvalue weighted by molar-refractivity contribution is 0.0718. The highest BCUT2D eigenvalue weighted by molar-refractivity contribution is 5.89. The molecule has 1 unspecified atom stereocenters. The Morgan fingerprint density at radius 3 is 2.71 bits per heavy atom. The zero-order valence-electron chi connectivity index (χ0n) is 10.2. The van der Waals surface area contributed by atoms with Crippen LogP contribution in [0.25, 0.3) is 0 Å². The lowest BCUT2D eigenvalue weighted by atomic mass is 10.1. The molecule has 0 saturated carbocycles. The third-order valence-corrected chi connectivity index (χ3v) is 2.88. The maximum Gasteiger partial charge on any atom is 0.414 e. The lowest BCUT2D eigenvalue weighted by Gasteiger charge is -2.13. The highest BCUT2D eigenvalue weighted by atomic mass is 16.6. The second kappa shape index (κ2) is 5.19. The molecule has 0 spiro atoms. The van der Waals surface area contributed by atoms with E-state index in [1.165, 1.54) is 5.56 Å². The number of carbonyl (C=O) groups excluding carboxylic acids is 1. The van der Waals surface area contributed by atoms with Gasteiger partial charge in [-0.1, -0.05) is 19.1 Å². The van der Waals surface area contributed by atoms with E-state index in [1.54, 1.807) is 12.0 Å². The van der Waals surface area contributed by atoms with Gasteiger partial charge in [-0.3, -0.25) is 4.90 Å². The van der Waals surface area contributed by atoms with Crippen LogP contribution in [0.15, 0.2) is 24.3 Å². The van der Waals surface area contributed by atoms with Crippen molar-refractivity contribution in [2.24, 2.45) is 0 Å². The van der Waals surface area contributed by atoms with Gasteiger partial charge in [0.25, 0.3) is 0 Å². The minimum atomic E-state index is -0.295. The minimum Gasteiger partial charge on any atom is -0.441 e. The molecule has 1 aromatic rings. The van der Waals surface area contributed by atoms with E-state index in [0.29, 0.717) is 13.2 Å². The van der Waals surface area contributed by atoms with Gasteiger partial charge in [-0.05, 0) is 24.1 Å². The van der Waals surface area contributed by atoms with E-state index in [0.717, 1.165) is 12.1 Å². The smallest absolute Gasteiger partial charge is 0.414 e. The Labute approximate surface area is 101 Å². The van der Waals surface area contributed by atoms with Crippen LogP contribution in [0.1, 0.15) is 12.5 Å². The van der Waals surface area contributed by atoms with Crippen LogP contribution in [0.5, 0.6) is 0 Å². The van der Waals surface area contributed by atoms with Gasteiger partial charge in [0, 0.05) is 12.8 Å². The molecule has 1 aliphatic rings. The van der Waals surface area contributed by atoms with Gasteiger partial charge in [-0.15, -0.1) is 0 Å². The number of hydrogen-bond acceptors (Lipinski definition) is 3. The summed E-state index contributed by atoms with van der Waals surface area (Å²) in [5.41, 5.74) is 2.14. The summed E-state index contributed by atoms with van der Waals surface area (Å²) in [5.74, 6) is 0. The van der Waals surface area contributed by atoms with Gasteiger partial charge in [-0.25, -0.2) is 4.79 Å². The molecule has 0 aliphatic carbocycles. The SMILES string of the molecule is CCc1ccc(N2CC(COC)OC2=O)cc1. The second-order valence-electron chi connectivity index (χ2n) is 4.09. The van der Waals surface area contributed by atoms with Gasteiger partial charge in [-0.2, -0.15) is 0 Å². The zero-order valence-corrected chi connectivity index (χ0v) is 10.2. The number of rotatable bonds is 4. The fraction of sp³-hybridized carbons (Fsp3) is 0.462. The Balaban J connectivity index is 2.08. The Morgan fingerprint density at radius 2 is 2.12 bits per heavy atom. The Morgan fingerprint density at radius 1 is 1.41 bits per heavy atom. The number of anilines is 1. The van der Waals surface area contributed by atoms with Crippen LogP contribution in [0.3, 0.4) is 0 Å². The van der Waals surface area contributed by atoms with Crippen LogP contribution in [0.4, 0.5) is 10.5 Å². The maximum atomic E-state index is 11.7. The third kappa shape index (κ3) is 2.58. The molecule has 1 heterocycles. The molecule has 1 aromatic carbocycles. The van der Waals surface area contributed by atoms with E-state index in [4.69, 9.17) is 9.47 Å². The first-order valence-corrected chi connectivity index (χ1v) is 5.80. The van der Waals surface area contributed by atoms with Crippen molar-refractivity contribution >= 4 is 11.8 Å². The summed E-state index contributed by atoms with van der Waals surface area (Å²) in [6.45, 7) is 3.10. The zero-order chi connectivity index (χ0) is 12.3. The molecule has 1 atom stereocenters. The number of ether oxygens (including phenoxy) is 2. The molecule has 17 heavy (non-hydrogen) atoms. The van der Waals surface area contributed by atoms with E-state index < -0.39 is 0 Å². The van der Waals surface area contributed by atoms with Crippen LogP contribution >= 0.6 is 0 Å². The fourth-order valence-corrected chi connectivity index (χ4v) is 1.92. The number of hydrogen-bond donors (Lipinski definition) is 0. The Hall–Kier alpha value is -1.55. The van der Waals surface area contributed by atoms with Gasteiger partial charge in [0.15, 0.2) is 0 Å². The predicted octanol–water partition coefficient (Wildman–Crippen LogP) is 2.22. The summed E-state index contributed by atoms with van der Waals surface area (Å²) in [5, 5.41) is 0. The van der Waals surface area contributed by atoms with Gasteiger partial charge in [0.1, 0.15) is 6.10 Å². The molecule has 92 valence electrons. The van der Waals surface area contributed by atoms with Crippen LogP contribution in [0.2, 0.25) is 0 Å². The van der Waals surface area contributed by atoms with Crippen LogP contribution in [-0.4, -0.2) is 32.5 Å². The lowest BCUT2D eigenvalue weighted by Crippen LogP contribution is -2.25. The molecule has 1 amide bonds. The van der Waals surface area contributed by atoms with Crippen molar-refractivity contribution in [2.45, 2.75) is 19.4 Å². The van der Waals surface area contributed by atoms with Crippen molar-refractivity contribution in [3.63, 3.8) is 0 Å². The molecule has 4 heteroatoms. The minimum absolute atomic E-state index is 0.168. The van der Waals surface area contributed by atoms with Crippen LogP contribution < -0.4 is 4.90 Å². The van der Waals surface area contributed by atoms with Gasteiger partial charge < -0.3 is 9.47 Å². The summed E-state index contributed by atoms with van der Waals surface area (Å²) < 4.78 is 10.2. The van der Waals surface area contributed by atoms with E-state index in [2.05, 4.69) is 6.92 Å². The summed E-state index contributed by atoms with van der Waals surface area (Å²) in [6, 6.07) is 7.98. The van der Waals surface area contributed by atoms with Crippen molar-refractivity contribution < 1.29 is 14.3 Å². The number of benzene rings is 1. The molecular formula is C13H17NO3. The molecule has 1 saturated heterocycles. The summed E-state index contributed by atoms with van der Waals surface area (Å²) in [6.07, 6.45) is 0.534. The fourth-order valence-electron chi connectivity index (χ4n) is 1.92. The van der Waals surface area contributed by atoms with E-state index in [1.807, 2.05) is 24.3 Å². The topological polar surface area (TPSA) is 38.8 Å². The summed E-state index contributed by atoms with van der Waals surface area (Å²) >= 11 is 0. The number of cyclic esters (lactones) is 1. The normalized spacial score (nSPS) is 19.5. The Bertz CT molecular complexity index is 388. The molecule has 0 radical (unpaired) electrons. The molecule has 1 fully saturated rings. The van der Waals surface area contributed by atoms with Gasteiger partial charge >= 0.3 is 6.09 Å². The number of carbonyl (C=O) groups is 1. The standard InChI is InChI=1S/C13H17NO3/c1-3-10-4-6-11(7-5-10)14-8-12(9-16-2)17-13(14)15/h4-7,12H,3,8-9H2,1-2H3. The molecule has 0 N–H and O–H groups in total. The number of aryl methyl sites for hydroxylation is 1. The number of nitrogens with zero attached hydrogens (tertiary/aromatic N) is 1.